The lowest BCUT2D eigenvalue weighted by atomic mass is 10.3. The lowest BCUT2D eigenvalue weighted by molar-refractivity contribution is 0.836. The molecule has 0 heterocycles. The molecule has 1 atom stereocenters. The molecule has 3 heteroatoms. The monoisotopic (exact) mass is 140 g/mol. The zero-order chi connectivity index (χ0) is 7.11. The average molecular weight is 140 g/mol. The van der Waals surface area contributed by atoms with Crippen LogP contribution in [0.3, 0.4) is 0 Å². The molecule has 0 rings (SSSR count). The maximum absolute atomic E-state index is 8.37. The molecule has 0 amide bonds. The van der Waals surface area contributed by atoms with Crippen molar-refractivity contribution in [2.75, 3.05) is 0 Å². The molecule has 0 aromatic carbocycles. The second-order valence-corrected chi connectivity index (χ2v) is 2.60. The predicted octanol–water partition coefficient (Wildman–Crippen LogP) is 1.89. The van der Waals surface area contributed by atoms with Gasteiger partial charge in [0.25, 0.3) is 0 Å². The summed E-state index contributed by atoms with van der Waals surface area (Å²) in [6.45, 7) is 2.00. The highest BCUT2D eigenvalue weighted by molar-refractivity contribution is 8.04. The maximum Gasteiger partial charge on any atom is 0.134 e. The molecule has 0 aromatic heterocycles. The van der Waals surface area contributed by atoms with Gasteiger partial charge in [0.1, 0.15) is 10.7 Å². The molecule has 0 aliphatic heterocycles. The molecule has 48 valence electrons. The topological polar surface area (TPSA) is 47.6 Å². The van der Waals surface area contributed by atoms with Gasteiger partial charge in [0, 0.05) is 0 Å². The minimum atomic E-state index is -0.125. The van der Waals surface area contributed by atoms with Crippen molar-refractivity contribution in [1.82, 2.24) is 0 Å². The van der Waals surface area contributed by atoms with Crippen molar-refractivity contribution >= 4 is 11.8 Å². The van der Waals surface area contributed by atoms with E-state index in [9.17, 15) is 0 Å². The van der Waals surface area contributed by atoms with Crippen LogP contribution in [-0.4, -0.2) is 5.25 Å². The molecular weight excluding hydrogens is 132 g/mol. The first-order valence-electron chi connectivity index (χ1n) is 2.79. The van der Waals surface area contributed by atoms with Crippen molar-refractivity contribution in [3.63, 3.8) is 0 Å². The number of thioether (sulfide) groups is 1. The Bertz CT molecular complexity index is 142. The van der Waals surface area contributed by atoms with E-state index in [0.29, 0.717) is 0 Å². The fourth-order valence-corrected chi connectivity index (χ4v) is 1.01. The molecule has 0 aromatic rings. The van der Waals surface area contributed by atoms with Crippen LogP contribution in [0.2, 0.25) is 0 Å². The van der Waals surface area contributed by atoms with Gasteiger partial charge in [-0.15, -0.1) is 0 Å². The third kappa shape index (κ3) is 3.88. The molecule has 0 saturated heterocycles. The zero-order valence-electron chi connectivity index (χ0n) is 5.29. The second-order valence-electron chi connectivity index (χ2n) is 1.62. The summed E-state index contributed by atoms with van der Waals surface area (Å²) in [4.78, 5) is 0. The van der Waals surface area contributed by atoms with Gasteiger partial charge >= 0.3 is 0 Å². The van der Waals surface area contributed by atoms with E-state index in [1.165, 1.54) is 0 Å². The summed E-state index contributed by atoms with van der Waals surface area (Å²) in [5.41, 5.74) is 0. The van der Waals surface area contributed by atoms with Crippen LogP contribution in [0.4, 0.5) is 0 Å². The molecule has 0 bridgehead atoms. The van der Waals surface area contributed by atoms with Gasteiger partial charge in [0.05, 0.1) is 6.07 Å². The van der Waals surface area contributed by atoms with Gasteiger partial charge in [-0.2, -0.15) is 10.5 Å². The Morgan fingerprint density at radius 2 is 2.22 bits per heavy atom. The van der Waals surface area contributed by atoms with E-state index in [4.69, 9.17) is 10.5 Å². The molecule has 9 heavy (non-hydrogen) atoms. The van der Waals surface area contributed by atoms with Crippen LogP contribution in [0.5, 0.6) is 0 Å². The van der Waals surface area contributed by atoms with Crippen molar-refractivity contribution in [2.24, 2.45) is 0 Å². The Hall–Kier alpha value is -0.670. The lowest BCUT2D eigenvalue weighted by Gasteiger charge is -1.96. The standard InChI is InChI=1S/C6H8N2S/c1-2-3-6(4-7)9-5-8/h6H,2-3H2,1H3/t6-/m0/s1. The number of nitrogens with zero attached hydrogens (tertiary/aromatic N) is 2. The molecule has 0 N–H and O–H groups in total. The van der Waals surface area contributed by atoms with Crippen LogP contribution in [0.15, 0.2) is 0 Å². The minimum Gasteiger partial charge on any atom is -0.197 e. The first kappa shape index (κ1) is 8.33. The number of rotatable bonds is 3. The van der Waals surface area contributed by atoms with Crippen LogP contribution in [0.25, 0.3) is 0 Å². The number of thiocyanates is 1. The van der Waals surface area contributed by atoms with Gasteiger partial charge in [-0.05, 0) is 18.2 Å². The maximum atomic E-state index is 8.37. The summed E-state index contributed by atoms with van der Waals surface area (Å²) < 4.78 is 0. The Balaban J connectivity index is 3.48. The van der Waals surface area contributed by atoms with E-state index < -0.39 is 0 Å². The summed E-state index contributed by atoms with van der Waals surface area (Å²) >= 11 is 1.05. The van der Waals surface area contributed by atoms with E-state index >= 15 is 0 Å². The molecule has 0 aliphatic rings. The first-order valence-corrected chi connectivity index (χ1v) is 3.67. The normalized spacial score (nSPS) is 11.4. The first-order chi connectivity index (χ1) is 4.35. The Morgan fingerprint density at radius 1 is 1.56 bits per heavy atom. The third-order valence-corrected chi connectivity index (χ3v) is 1.62. The number of hydrogen-bond donors (Lipinski definition) is 0. The van der Waals surface area contributed by atoms with Crippen molar-refractivity contribution in [3.8, 4) is 11.5 Å². The van der Waals surface area contributed by atoms with Gasteiger partial charge in [-0.25, -0.2) is 0 Å². The lowest BCUT2D eigenvalue weighted by Crippen LogP contribution is -1.94. The fourth-order valence-electron chi connectivity index (χ4n) is 0.476. The van der Waals surface area contributed by atoms with Crippen molar-refractivity contribution in [3.05, 3.63) is 0 Å². The quantitative estimate of drug-likeness (QED) is 0.562. The second kappa shape index (κ2) is 5.47. The van der Waals surface area contributed by atoms with Crippen molar-refractivity contribution in [1.29, 1.82) is 10.5 Å². The molecule has 2 nitrogen and oxygen atoms in total. The van der Waals surface area contributed by atoms with E-state index in [1.54, 1.807) is 0 Å². The van der Waals surface area contributed by atoms with Crippen LogP contribution < -0.4 is 0 Å². The largest absolute Gasteiger partial charge is 0.197 e. The minimum absolute atomic E-state index is 0.125. The summed E-state index contributed by atoms with van der Waals surface area (Å²) in [6, 6.07) is 2.04. The smallest absolute Gasteiger partial charge is 0.134 e. The van der Waals surface area contributed by atoms with E-state index in [-0.39, 0.29) is 5.25 Å². The van der Waals surface area contributed by atoms with Gasteiger partial charge in [-0.1, -0.05) is 13.3 Å². The molecule has 0 spiro atoms. The highest BCUT2D eigenvalue weighted by Crippen LogP contribution is 2.12. The van der Waals surface area contributed by atoms with Crippen molar-refractivity contribution < 1.29 is 0 Å². The SMILES string of the molecule is CCC[C@@H](C#N)SC#N. The average Bonchev–Trinajstić information content (AvgIpc) is 1.88. The molecular formula is C6H8N2S. The molecule has 0 radical (unpaired) electrons. The van der Waals surface area contributed by atoms with E-state index in [0.717, 1.165) is 24.6 Å². The molecule has 0 aliphatic carbocycles. The molecule has 0 unspecified atom stereocenters. The highest BCUT2D eigenvalue weighted by Gasteiger charge is 2.03. The molecule has 0 saturated carbocycles. The van der Waals surface area contributed by atoms with Gasteiger partial charge in [0.15, 0.2) is 0 Å². The summed E-state index contributed by atoms with van der Waals surface area (Å²) in [5.74, 6) is 0. The van der Waals surface area contributed by atoms with Crippen LogP contribution in [0.1, 0.15) is 19.8 Å². The van der Waals surface area contributed by atoms with Crippen LogP contribution in [0, 0.1) is 22.0 Å². The van der Waals surface area contributed by atoms with E-state index in [2.05, 4.69) is 0 Å². The van der Waals surface area contributed by atoms with Gasteiger partial charge in [-0.3, -0.25) is 0 Å². The van der Waals surface area contributed by atoms with Crippen LogP contribution >= 0.6 is 11.8 Å². The fraction of sp³-hybridized carbons (Fsp3) is 0.667. The summed E-state index contributed by atoms with van der Waals surface area (Å²) in [6.07, 6.45) is 1.78. The third-order valence-electron chi connectivity index (χ3n) is 0.890. The van der Waals surface area contributed by atoms with Crippen molar-refractivity contribution in [2.45, 2.75) is 25.0 Å². The van der Waals surface area contributed by atoms with Crippen LogP contribution in [-0.2, 0) is 0 Å². The summed E-state index contributed by atoms with van der Waals surface area (Å²) in [5, 5.41) is 18.3. The highest BCUT2D eigenvalue weighted by atomic mass is 32.2. The number of nitriles is 2. The van der Waals surface area contributed by atoms with Gasteiger partial charge < -0.3 is 0 Å². The Kier molecular flexibility index (Phi) is 5.06. The Labute approximate surface area is 59.5 Å². The predicted molar refractivity (Wildman–Crippen MR) is 37.5 cm³/mol. The Morgan fingerprint density at radius 3 is 2.56 bits per heavy atom. The summed E-state index contributed by atoms with van der Waals surface area (Å²) in [7, 11) is 0. The zero-order valence-corrected chi connectivity index (χ0v) is 6.11. The van der Waals surface area contributed by atoms with Gasteiger partial charge in [0.2, 0.25) is 0 Å². The molecule has 0 fully saturated rings. The van der Waals surface area contributed by atoms with E-state index in [1.807, 2.05) is 18.4 Å². The number of hydrogen-bond acceptors (Lipinski definition) is 3.